The molecule has 4 heteroatoms. The Labute approximate surface area is 114 Å². The fraction of sp³-hybridized carbons (Fsp3) is 0.533. The lowest BCUT2D eigenvalue weighted by molar-refractivity contribution is 0.150. The molecule has 0 spiro atoms. The van der Waals surface area contributed by atoms with Crippen LogP contribution < -0.4 is 4.74 Å². The lowest BCUT2D eigenvalue weighted by Crippen LogP contribution is -2.26. The normalized spacial score (nSPS) is 19.3. The minimum atomic E-state index is 0.638. The highest BCUT2D eigenvalue weighted by Gasteiger charge is 2.21. The summed E-state index contributed by atoms with van der Waals surface area (Å²) in [6, 6.07) is 9.40. The lowest BCUT2D eigenvalue weighted by Gasteiger charge is -2.16. The van der Waals surface area contributed by atoms with Crippen molar-refractivity contribution in [1.82, 2.24) is 4.90 Å². The van der Waals surface area contributed by atoms with E-state index >= 15 is 0 Å². The molecule has 1 aliphatic rings. The number of likely N-dealkylation sites (tertiary alicyclic amines) is 1. The van der Waals surface area contributed by atoms with Gasteiger partial charge in [-0.05, 0) is 37.1 Å². The van der Waals surface area contributed by atoms with E-state index in [-0.39, 0.29) is 0 Å². The summed E-state index contributed by atoms with van der Waals surface area (Å²) in [5.41, 5.74) is 0.638. The molecular weight excluding hydrogens is 240 g/mol. The molecule has 1 saturated heterocycles. The molecule has 1 aromatic carbocycles. The van der Waals surface area contributed by atoms with Crippen LogP contribution in [0.4, 0.5) is 0 Å². The maximum absolute atomic E-state index is 8.81. The van der Waals surface area contributed by atoms with Gasteiger partial charge in [0.25, 0.3) is 0 Å². The minimum Gasteiger partial charge on any atom is -0.492 e. The van der Waals surface area contributed by atoms with Crippen molar-refractivity contribution in [3.63, 3.8) is 0 Å². The van der Waals surface area contributed by atoms with Crippen LogP contribution in [0, 0.1) is 17.2 Å². The molecule has 1 aromatic rings. The molecule has 102 valence electrons. The van der Waals surface area contributed by atoms with Gasteiger partial charge in [-0.2, -0.15) is 5.26 Å². The molecule has 0 N–H and O–H groups in total. The molecule has 0 saturated carbocycles. The average Bonchev–Trinajstić information content (AvgIpc) is 2.87. The van der Waals surface area contributed by atoms with Crippen molar-refractivity contribution >= 4 is 0 Å². The number of rotatable bonds is 6. The molecule has 1 aliphatic heterocycles. The summed E-state index contributed by atoms with van der Waals surface area (Å²) in [4.78, 5) is 2.40. The first-order chi connectivity index (χ1) is 9.31. The van der Waals surface area contributed by atoms with Crippen LogP contribution in [0.3, 0.4) is 0 Å². The molecule has 4 nitrogen and oxygen atoms in total. The molecule has 0 aliphatic carbocycles. The summed E-state index contributed by atoms with van der Waals surface area (Å²) in [5, 5.41) is 8.81. The van der Waals surface area contributed by atoms with Gasteiger partial charge in [-0.25, -0.2) is 0 Å². The van der Waals surface area contributed by atoms with E-state index in [9.17, 15) is 0 Å². The number of methoxy groups -OCH3 is 1. The van der Waals surface area contributed by atoms with E-state index in [1.165, 1.54) is 6.42 Å². The third-order valence-electron chi connectivity index (χ3n) is 3.41. The lowest BCUT2D eigenvalue weighted by atomic mass is 10.1. The highest BCUT2D eigenvalue weighted by Crippen LogP contribution is 2.16. The summed E-state index contributed by atoms with van der Waals surface area (Å²) in [6.07, 6.45) is 1.21. The first-order valence-electron chi connectivity index (χ1n) is 6.66. The summed E-state index contributed by atoms with van der Waals surface area (Å²) >= 11 is 0. The Hall–Kier alpha value is -1.57. The van der Waals surface area contributed by atoms with Gasteiger partial charge in [0, 0.05) is 20.2 Å². The molecule has 0 amide bonds. The van der Waals surface area contributed by atoms with Gasteiger partial charge in [-0.1, -0.05) is 6.07 Å². The van der Waals surface area contributed by atoms with E-state index in [2.05, 4.69) is 11.0 Å². The molecule has 1 heterocycles. The van der Waals surface area contributed by atoms with Crippen molar-refractivity contribution in [2.24, 2.45) is 5.92 Å². The van der Waals surface area contributed by atoms with E-state index < -0.39 is 0 Å². The topological polar surface area (TPSA) is 45.5 Å². The number of nitrogens with zero attached hydrogens (tertiary/aromatic N) is 2. The summed E-state index contributed by atoms with van der Waals surface area (Å²) in [6.45, 7) is 4.65. The Morgan fingerprint density at radius 2 is 2.37 bits per heavy atom. The zero-order valence-electron chi connectivity index (χ0n) is 11.3. The number of hydrogen-bond acceptors (Lipinski definition) is 4. The Morgan fingerprint density at radius 1 is 1.47 bits per heavy atom. The number of nitriles is 1. The smallest absolute Gasteiger partial charge is 0.120 e. The van der Waals surface area contributed by atoms with Crippen LogP contribution in [-0.2, 0) is 4.74 Å². The summed E-state index contributed by atoms with van der Waals surface area (Å²) < 4.78 is 10.9. The number of hydrogen-bond donors (Lipinski definition) is 0. The van der Waals surface area contributed by atoms with Crippen molar-refractivity contribution in [2.75, 3.05) is 40.0 Å². The molecule has 1 atom stereocenters. The molecule has 0 radical (unpaired) electrons. The first-order valence-corrected chi connectivity index (χ1v) is 6.66. The van der Waals surface area contributed by atoms with E-state index in [0.717, 1.165) is 32.0 Å². The number of ether oxygens (including phenoxy) is 2. The number of benzene rings is 1. The Morgan fingerprint density at radius 3 is 3.16 bits per heavy atom. The molecule has 2 rings (SSSR count). The third kappa shape index (κ3) is 4.23. The van der Waals surface area contributed by atoms with Gasteiger partial charge in [-0.3, -0.25) is 4.90 Å². The van der Waals surface area contributed by atoms with Crippen LogP contribution in [0.25, 0.3) is 0 Å². The molecule has 19 heavy (non-hydrogen) atoms. The molecule has 1 unspecified atom stereocenters. The van der Waals surface area contributed by atoms with Crippen LogP contribution in [0.2, 0.25) is 0 Å². The largest absolute Gasteiger partial charge is 0.492 e. The zero-order valence-corrected chi connectivity index (χ0v) is 11.3. The highest BCUT2D eigenvalue weighted by molar-refractivity contribution is 5.36. The maximum atomic E-state index is 8.81. The SMILES string of the molecule is COCC1CCN(CCOc2cccc(C#N)c2)C1. The van der Waals surface area contributed by atoms with Gasteiger partial charge < -0.3 is 9.47 Å². The van der Waals surface area contributed by atoms with Crippen molar-refractivity contribution < 1.29 is 9.47 Å². The second-order valence-electron chi connectivity index (χ2n) is 4.90. The van der Waals surface area contributed by atoms with E-state index in [0.29, 0.717) is 18.1 Å². The fourth-order valence-corrected chi connectivity index (χ4v) is 2.44. The first kappa shape index (κ1) is 13.9. The Bertz CT molecular complexity index is 442. The van der Waals surface area contributed by atoms with Gasteiger partial charge in [0.2, 0.25) is 0 Å². The highest BCUT2D eigenvalue weighted by atomic mass is 16.5. The standard InChI is InChI=1S/C15H20N2O2/c1-18-12-14-5-6-17(11-14)7-8-19-15-4-2-3-13(9-15)10-16/h2-4,9,14H,5-8,11-12H2,1H3. The van der Waals surface area contributed by atoms with E-state index in [4.69, 9.17) is 14.7 Å². The van der Waals surface area contributed by atoms with Crippen molar-refractivity contribution in [3.8, 4) is 11.8 Å². The predicted octanol–water partition coefficient (Wildman–Crippen LogP) is 1.91. The van der Waals surface area contributed by atoms with Gasteiger partial charge >= 0.3 is 0 Å². The van der Waals surface area contributed by atoms with Gasteiger partial charge in [0.05, 0.1) is 18.2 Å². The molecule has 1 fully saturated rings. The second kappa shape index (κ2) is 7.13. The van der Waals surface area contributed by atoms with Crippen LogP contribution in [0.5, 0.6) is 5.75 Å². The van der Waals surface area contributed by atoms with Crippen LogP contribution >= 0.6 is 0 Å². The van der Waals surface area contributed by atoms with Crippen LogP contribution in [0.1, 0.15) is 12.0 Å². The van der Waals surface area contributed by atoms with E-state index in [1.807, 2.05) is 12.1 Å². The maximum Gasteiger partial charge on any atom is 0.120 e. The van der Waals surface area contributed by atoms with Crippen molar-refractivity contribution in [3.05, 3.63) is 29.8 Å². The van der Waals surface area contributed by atoms with Crippen LogP contribution in [0.15, 0.2) is 24.3 Å². The quantitative estimate of drug-likeness (QED) is 0.783. The molecular formula is C15H20N2O2. The average molecular weight is 260 g/mol. The summed E-state index contributed by atoms with van der Waals surface area (Å²) in [7, 11) is 1.76. The van der Waals surface area contributed by atoms with Gasteiger partial charge in [0.15, 0.2) is 0 Å². The van der Waals surface area contributed by atoms with Crippen molar-refractivity contribution in [2.45, 2.75) is 6.42 Å². The second-order valence-corrected chi connectivity index (χ2v) is 4.90. The zero-order chi connectivity index (χ0) is 13.5. The molecule has 0 aromatic heterocycles. The predicted molar refractivity (Wildman–Crippen MR) is 73.1 cm³/mol. The fourth-order valence-electron chi connectivity index (χ4n) is 2.44. The Balaban J connectivity index is 1.71. The molecule has 0 bridgehead atoms. The van der Waals surface area contributed by atoms with Gasteiger partial charge in [0.1, 0.15) is 12.4 Å². The monoisotopic (exact) mass is 260 g/mol. The minimum absolute atomic E-state index is 0.638. The van der Waals surface area contributed by atoms with Crippen LogP contribution in [-0.4, -0.2) is 44.9 Å². The van der Waals surface area contributed by atoms with Gasteiger partial charge in [-0.15, -0.1) is 0 Å². The Kier molecular flexibility index (Phi) is 5.20. The third-order valence-corrected chi connectivity index (χ3v) is 3.41. The van der Waals surface area contributed by atoms with Crippen molar-refractivity contribution in [1.29, 1.82) is 5.26 Å². The van der Waals surface area contributed by atoms with E-state index in [1.54, 1.807) is 19.2 Å². The summed E-state index contributed by atoms with van der Waals surface area (Å²) in [5.74, 6) is 1.43.